The molecule has 1 fully saturated rings. The van der Waals surface area contributed by atoms with Crippen molar-refractivity contribution in [3.8, 4) is 0 Å². The van der Waals surface area contributed by atoms with E-state index in [1.807, 2.05) is 11.3 Å². The van der Waals surface area contributed by atoms with E-state index in [4.69, 9.17) is 5.73 Å². The van der Waals surface area contributed by atoms with Crippen LogP contribution in [-0.2, 0) is 0 Å². The van der Waals surface area contributed by atoms with Crippen LogP contribution in [-0.4, -0.2) is 6.04 Å². The van der Waals surface area contributed by atoms with Crippen molar-refractivity contribution in [2.75, 3.05) is 0 Å². The van der Waals surface area contributed by atoms with E-state index in [1.54, 1.807) is 0 Å². The SMILES string of the molecule is CCC1(C)C(N)CC1c1cc(Br)sc1C. The number of thiophene rings is 1. The molecule has 0 saturated heterocycles. The Morgan fingerprint density at radius 1 is 1.67 bits per heavy atom. The molecular formula is C12H18BrNS. The summed E-state index contributed by atoms with van der Waals surface area (Å²) in [4.78, 5) is 1.44. The highest BCUT2D eigenvalue weighted by molar-refractivity contribution is 9.11. The van der Waals surface area contributed by atoms with Crippen LogP contribution in [0.25, 0.3) is 0 Å². The molecule has 0 aromatic carbocycles. The van der Waals surface area contributed by atoms with Gasteiger partial charge in [0.05, 0.1) is 3.79 Å². The van der Waals surface area contributed by atoms with Crippen LogP contribution >= 0.6 is 27.3 Å². The Morgan fingerprint density at radius 3 is 2.73 bits per heavy atom. The van der Waals surface area contributed by atoms with E-state index in [0.29, 0.717) is 17.4 Å². The number of nitrogens with two attached hydrogens (primary N) is 1. The summed E-state index contributed by atoms with van der Waals surface area (Å²) in [5, 5.41) is 0. The fourth-order valence-electron chi connectivity index (χ4n) is 2.69. The van der Waals surface area contributed by atoms with Crippen molar-refractivity contribution >= 4 is 27.3 Å². The second-order valence-corrected chi connectivity index (χ2v) is 7.45. The van der Waals surface area contributed by atoms with Gasteiger partial charge in [0.2, 0.25) is 0 Å². The molecule has 3 unspecified atom stereocenters. The molecule has 1 aromatic rings. The molecule has 15 heavy (non-hydrogen) atoms. The minimum absolute atomic E-state index is 0.311. The molecule has 84 valence electrons. The molecule has 1 nitrogen and oxygen atoms in total. The molecule has 0 radical (unpaired) electrons. The topological polar surface area (TPSA) is 26.0 Å². The first kappa shape index (κ1) is 11.6. The summed E-state index contributed by atoms with van der Waals surface area (Å²) in [6, 6.07) is 2.66. The van der Waals surface area contributed by atoms with Crippen LogP contribution in [0.2, 0.25) is 0 Å². The highest BCUT2D eigenvalue weighted by Crippen LogP contribution is 2.55. The zero-order chi connectivity index (χ0) is 11.2. The summed E-state index contributed by atoms with van der Waals surface area (Å²) < 4.78 is 1.24. The number of rotatable bonds is 2. The van der Waals surface area contributed by atoms with Gasteiger partial charge in [-0.3, -0.25) is 0 Å². The average molecular weight is 288 g/mol. The summed E-state index contributed by atoms with van der Waals surface area (Å²) in [5.74, 6) is 0.667. The van der Waals surface area contributed by atoms with E-state index in [0.717, 1.165) is 6.42 Å². The Labute approximate surface area is 104 Å². The van der Waals surface area contributed by atoms with E-state index in [-0.39, 0.29) is 0 Å². The number of halogens is 1. The van der Waals surface area contributed by atoms with Gasteiger partial charge in [-0.15, -0.1) is 11.3 Å². The number of hydrogen-bond donors (Lipinski definition) is 1. The molecule has 1 saturated carbocycles. The third kappa shape index (κ3) is 1.69. The van der Waals surface area contributed by atoms with Crippen LogP contribution in [0.4, 0.5) is 0 Å². The monoisotopic (exact) mass is 287 g/mol. The third-order valence-electron chi connectivity index (χ3n) is 4.20. The van der Waals surface area contributed by atoms with Crippen molar-refractivity contribution in [2.45, 2.75) is 45.6 Å². The van der Waals surface area contributed by atoms with Gasteiger partial charge < -0.3 is 5.73 Å². The van der Waals surface area contributed by atoms with Crippen molar-refractivity contribution in [1.82, 2.24) is 0 Å². The van der Waals surface area contributed by atoms with E-state index in [2.05, 4.69) is 42.8 Å². The molecule has 1 aliphatic carbocycles. The molecule has 3 heteroatoms. The number of hydrogen-bond acceptors (Lipinski definition) is 2. The van der Waals surface area contributed by atoms with Crippen LogP contribution in [0, 0.1) is 12.3 Å². The Kier molecular flexibility index (Phi) is 2.99. The van der Waals surface area contributed by atoms with Crippen LogP contribution in [0.5, 0.6) is 0 Å². The second-order valence-electron chi connectivity index (χ2n) is 4.82. The van der Waals surface area contributed by atoms with Crippen molar-refractivity contribution < 1.29 is 0 Å². The Morgan fingerprint density at radius 2 is 2.33 bits per heavy atom. The third-order valence-corrected chi connectivity index (χ3v) is 5.77. The summed E-state index contributed by atoms with van der Waals surface area (Å²) in [6.45, 7) is 6.80. The lowest BCUT2D eigenvalue weighted by Gasteiger charge is -2.52. The maximum atomic E-state index is 6.14. The Balaban J connectivity index is 2.30. The molecular weight excluding hydrogens is 270 g/mol. The second kappa shape index (κ2) is 3.86. The van der Waals surface area contributed by atoms with Gasteiger partial charge in [-0.1, -0.05) is 13.8 Å². The van der Waals surface area contributed by atoms with Gasteiger partial charge in [0.25, 0.3) is 0 Å². The largest absolute Gasteiger partial charge is 0.327 e. The lowest BCUT2D eigenvalue weighted by Crippen LogP contribution is -2.54. The smallest absolute Gasteiger partial charge is 0.0704 e. The lowest BCUT2D eigenvalue weighted by molar-refractivity contribution is 0.0705. The van der Waals surface area contributed by atoms with Gasteiger partial charge in [-0.05, 0) is 58.7 Å². The van der Waals surface area contributed by atoms with E-state index in [9.17, 15) is 0 Å². The highest BCUT2D eigenvalue weighted by Gasteiger charge is 2.49. The van der Waals surface area contributed by atoms with Gasteiger partial charge in [0.15, 0.2) is 0 Å². The first-order valence-electron chi connectivity index (χ1n) is 5.50. The predicted octanol–water partition coefficient (Wildman–Crippen LogP) is 4.05. The fraction of sp³-hybridized carbons (Fsp3) is 0.667. The summed E-state index contributed by atoms with van der Waals surface area (Å²) in [7, 11) is 0. The maximum Gasteiger partial charge on any atom is 0.0704 e. The highest BCUT2D eigenvalue weighted by atomic mass is 79.9. The van der Waals surface area contributed by atoms with E-state index < -0.39 is 0 Å². The zero-order valence-electron chi connectivity index (χ0n) is 9.51. The average Bonchev–Trinajstić information content (AvgIpc) is 2.52. The first-order chi connectivity index (χ1) is 6.99. The summed E-state index contributed by atoms with van der Waals surface area (Å²) in [5.41, 5.74) is 7.97. The Bertz CT molecular complexity index is 374. The molecule has 0 spiro atoms. The van der Waals surface area contributed by atoms with Crippen LogP contribution in [0.3, 0.4) is 0 Å². The van der Waals surface area contributed by atoms with Crippen LogP contribution in [0.1, 0.15) is 43.0 Å². The molecule has 1 aliphatic rings. The molecule has 1 aromatic heterocycles. The summed E-state index contributed by atoms with van der Waals surface area (Å²) in [6.07, 6.45) is 2.32. The quantitative estimate of drug-likeness (QED) is 0.873. The number of aryl methyl sites for hydroxylation is 1. The molecule has 2 rings (SSSR count). The van der Waals surface area contributed by atoms with Gasteiger partial charge in [-0.2, -0.15) is 0 Å². The van der Waals surface area contributed by atoms with Crippen LogP contribution in [0.15, 0.2) is 9.85 Å². The van der Waals surface area contributed by atoms with Crippen molar-refractivity contribution in [1.29, 1.82) is 0 Å². The fourth-order valence-corrected chi connectivity index (χ4v) is 4.46. The molecule has 1 heterocycles. The minimum atomic E-state index is 0.311. The normalized spacial score (nSPS) is 35.3. The van der Waals surface area contributed by atoms with Gasteiger partial charge in [-0.25, -0.2) is 0 Å². The van der Waals surface area contributed by atoms with Crippen molar-refractivity contribution in [3.63, 3.8) is 0 Å². The molecule has 2 N–H and O–H groups in total. The van der Waals surface area contributed by atoms with E-state index >= 15 is 0 Å². The standard InChI is InChI=1S/C12H18BrNS/c1-4-12(3)9(6-10(12)14)8-5-11(13)15-7(8)2/h5,9-10H,4,6,14H2,1-3H3. The minimum Gasteiger partial charge on any atom is -0.327 e. The molecule has 0 aliphatic heterocycles. The predicted molar refractivity (Wildman–Crippen MR) is 70.5 cm³/mol. The lowest BCUT2D eigenvalue weighted by atomic mass is 9.54. The molecule has 0 amide bonds. The van der Waals surface area contributed by atoms with Gasteiger partial charge >= 0.3 is 0 Å². The van der Waals surface area contributed by atoms with Crippen LogP contribution < -0.4 is 5.73 Å². The summed E-state index contributed by atoms with van der Waals surface area (Å²) >= 11 is 5.40. The van der Waals surface area contributed by atoms with Crippen molar-refractivity contribution in [2.24, 2.45) is 11.1 Å². The van der Waals surface area contributed by atoms with Crippen molar-refractivity contribution in [3.05, 3.63) is 20.3 Å². The Hall–Kier alpha value is 0.140. The van der Waals surface area contributed by atoms with Gasteiger partial charge in [0.1, 0.15) is 0 Å². The zero-order valence-corrected chi connectivity index (χ0v) is 11.9. The van der Waals surface area contributed by atoms with E-state index in [1.165, 1.54) is 20.6 Å². The molecule has 3 atom stereocenters. The first-order valence-corrected chi connectivity index (χ1v) is 7.11. The van der Waals surface area contributed by atoms with Gasteiger partial charge in [0, 0.05) is 10.9 Å². The maximum absolute atomic E-state index is 6.14. The molecule has 0 bridgehead atoms.